The Hall–Kier alpha value is -2.15. The normalized spacial score (nSPS) is 19.6. The molecule has 1 aromatic carbocycles. The maximum atomic E-state index is 14.1. The highest BCUT2D eigenvalue weighted by Crippen LogP contribution is 2.18. The quantitative estimate of drug-likeness (QED) is 0.925. The van der Waals surface area contributed by atoms with Crippen LogP contribution in [0.4, 0.5) is 4.39 Å². The first-order valence-electron chi connectivity index (χ1n) is 7.36. The minimum atomic E-state index is -2.96. The molecule has 3 rings (SSSR count). The predicted molar refractivity (Wildman–Crippen MR) is 84.8 cm³/mol. The van der Waals surface area contributed by atoms with Gasteiger partial charge in [-0.1, -0.05) is 0 Å². The van der Waals surface area contributed by atoms with E-state index in [1.807, 2.05) is 0 Å². The highest BCUT2D eigenvalue weighted by Gasteiger charge is 2.28. The Labute approximate surface area is 134 Å². The molecule has 1 atom stereocenters. The lowest BCUT2D eigenvalue weighted by atomic mass is 10.1. The molecule has 0 unspecified atom stereocenters. The minimum Gasteiger partial charge on any atom is -0.352 e. The molecular weight excluding hydrogens is 319 g/mol. The zero-order valence-electron chi connectivity index (χ0n) is 12.4. The fourth-order valence-electron chi connectivity index (χ4n) is 2.72. The molecular formula is C16H17FN2O3S. The molecule has 122 valence electrons. The molecule has 1 N–H and O–H groups in total. The summed E-state index contributed by atoms with van der Waals surface area (Å²) in [6.07, 6.45) is 4.00. The van der Waals surface area contributed by atoms with Crippen LogP contribution in [0.15, 0.2) is 42.7 Å². The van der Waals surface area contributed by atoms with E-state index >= 15 is 0 Å². The minimum absolute atomic E-state index is 0.0621. The molecule has 5 nitrogen and oxygen atoms in total. The van der Waals surface area contributed by atoms with Crippen LogP contribution in [-0.4, -0.2) is 36.9 Å². The van der Waals surface area contributed by atoms with Gasteiger partial charge in [-0.25, -0.2) is 12.8 Å². The van der Waals surface area contributed by atoms with Gasteiger partial charge in [0.1, 0.15) is 5.82 Å². The van der Waals surface area contributed by atoms with Crippen LogP contribution in [0.2, 0.25) is 0 Å². The summed E-state index contributed by atoms with van der Waals surface area (Å²) < 4.78 is 38.5. The Morgan fingerprint density at radius 2 is 2.04 bits per heavy atom. The molecule has 7 heteroatoms. The molecule has 2 aromatic rings. The van der Waals surface area contributed by atoms with Crippen molar-refractivity contribution in [1.29, 1.82) is 0 Å². The van der Waals surface area contributed by atoms with Crippen molar-refractivity contribution in [3.63, 3.8) is 0 Å². The van der Waals surface area contributed by atoms with Crippen LogP contribution in [-0.2, 0) is 9.84 Å². The van der Waals surface area contributed by atoms with Gasteiger partial charge in [-0.2, -0.15) is 0 Å². The second-order valence-corrected chi connectivity index (χ2v) is 7.96. The number of halogens is 1. The van der Waals surface area contributed by atoms with Crippen LogP contribution >= 0.6 is 0 Å². The van der Waals surface area contributed by atoms with Crippen molar-refractivity contribution in [1.82, 2.24) is 9.88 Å². The number of carbonyl (C=O) groups is 1. The maximum absolute atomic E-state index is 14.1. The van der Waals surface area contributed by atoms with Gasteiger partial charge in [0.25, 0.3) is 5.91 Å². The van der Waals surface area contributed by atoms with Crippen molar-refractivity contribution in [2.75, 3.05) is 18.1 Å². The molecule has 1 aliphatic rings. The summed E-state index contributed by atoms with van der Waals surface area (Å²) >= 11 is 0. The van der Waals surface area contributed by atoms with Crippen LogP contribution in [0.1, 0.15) is 16.8 Å². The summed E-state index contributed by atoms with van der Waals surface area (Å²) in [5, 5.41) is 2.68. The van der Waals surface area contributed by atoms with E-state index in [0.717, 1.165) is 0 Å². The Morgan fingerprint density at radius 3 is 2.65 bits per heavy atom. The van der Waals surface area contributed by atoms with E-state index in [2.05, 4.69) is 5.32 Å². The summed E-state index contributed by atoms with van der Waals surface area (Å²) in [6.45, 7) is 0.291. The van der Waals surface area contributed by atoms with Gasteiger partial charge in [-0.15, -0.1) is 0 Å². The number of sulfone groups is 1. The fraction of sp³-hybridized carbons (Fsp3) is 0.312. The van der Waals surface area contributed by atoms with E-state index in [0.29, 0.717) is 18.7 Å². The van der Waals surface area contributed by atoms with E-state index in [-0.39, 0.29) is 23.0 Å². The van der Waals surface area contributed by atoms with E-state index in [1.54, 1.807) is 41.2 Å². The van der Waals surface area contributed by atoms with Crippen LogP contribution in [0.3, 0.4) is 0 Å². The number of hydrogen-bond acceptors (Lipinski definition) is 3. The van der Waals surface area contributed by atoms with Gasteiger partial charge in [-0.3, -0.25) is 4.79 Å². The van der Waals surface area contributed by atoms with E-state index in [9.17, 15) is 17.6 Å². The van der Waals surface area contributed by atoms with Crippen molar-refractivity contribution < 1.29 is 17.6 Å². The molecule has 1 saturated heterocycles. The van der Waals surface area contributed by atoms with E-state index < -0.39 is 21.6 Å². The molecule has 23 heavy (non-hydrogen) atoms. The van der Waals surface area contributed by atoms with Gasteiger partial charge in [-0.05, 0) is 42.7 Å². The van der Waals surface area contributed by atoms with Crippen molar-refractivity contribution in [2.45, 2.75) is 6.42 Å². The Kier molecular flexibility index (Phi) is 4.21. The third-order valence-electron chi connectivity index (χ3n) is 3.97. The first kappa shape index (κ1) is 15.7. The van der Waals surface area contributed by atoms with Crippen LogP contribution in [0.25, 0.3) is 5.69 Å². The monoisotopic (exact) mass is 336 g/mol. The molecule has 0 radical (unpaired) electrons. The lowest BCUT2D eigenvalue weighted by molar-refractivity contribution is 0.0948. The van der Waals surface area contributed by atoms with Gasteiger partial charge in [0.05, 0.1) is 17.2 Å². The average molecular weight is 336 g/mol. The number of hydrogen-bond donors (Lipinski definition) is 1. The first-order valence-corrected chi connectivity index (χ1v) is 9.18. The average Bonchev–Trinajstić information content (AvgIpc) is 3.14. The highest BCUT2D eigenvalue weighted by molar-refractivity contribution is 7.91. The van der Waals surface area contributed by atoms with Gasteiger partial charge in [0.15, 0.2) is 9.84 Å². The lowest BCUT2D eigenvalue weighted by Gasteiger charge is -2.11. The third-order valence-corrected chi connectivity index (χ3v) is 5.81. The van der Waals surface area contributed by atoms with Crippen molar-refractivity contribution >= 4 is 15.7 Å². The SMILES string of the molecule is O=C(NC[C@@H]1CCS(=O)(=O)C1)c1ccc(-n2cccc2)c(F)c1. The number of rotatable bonds is 4. The summed E-state index contributed by atoms with van der Waals surface area (Å²) in [5.41, 5.74) is 0.590. The van der Waals surface area contributed by atoms with Gasteiger partial charge in [0.2, 0.25) is 0 Å². The molecule has 0 saturated carbocycles. The van der Waals surface area contributed by atoms with Gasteiger partial charge < -0.3 is 9.88 Å². The molecule has 1 fully saturated rings. The summed E-state index contributed by atoms with van der Waals surface area (Å²) in [5.74, 6) is -0.667. The zero-order valence-corrected chi connectivity index (χ0v) is 13.2. The van der Waals surface area contributed by atoms with E-state index in [4.69, 9.17) is 0 Å². The topological polar surface area (TPSA) is 68.2 Å². The fourth-order valence-corrected chi connectivity index (χ4v) is 4.59. The largest absolute Gasteiger partial charge is 0.352 e. The Balaban J connectivity index is 1.65. The number of amides is 1. The number of carbonyl (C=O) groups excluding carboxylic acids is 1. The van der Waals surface area contributed by atoms with Gasteiger partial charge >= 0.3 is 0 Å². The van der Waals surface area contributed by atoms with Crippen LogP contribution in [0.5, 0.6) is 0 Å². The molecule has 0 spiro atoms. The zero-order chi connectivity index (χ0) is 16.4. The molecule has 1 aliphatic heterocycles. The van der Waals surface area contributed by atoms with Crippen molar-refractivity contribution in [2.24, 2.45) is 5.92 Å². The maximum Gasteiger partial charge on any atom is 0.251 e. The summed E-state index contributed by atoms with van der Waals surface area (Å²) in [4.78, 5) is 12.1. The van der Waals surface area contributed by atoms with Crippen LogP contribution < -0.4 is 5.32 Å². The van der Waals surface area contributed by atoms with Crippen LogP contribution in [0, 0.1) is 11.7 Å². The number of benzene rings is 1. The molecule has 0 aliphatic carbocycles. The standard InChI is InChI=1S/C16H17FN2O3S/c17-14-9-13(3-4-15(14)19-6-1-2-7-19)16(20)18-10-12-5-8-23(21,22)11-12/h1-4,6-7,9,12H,5,8,10-11H2,(H,18,20)/t12-/m0/s1. The number of aromatic nitrogens is 1. The third kappa shape index (κ3) is 3.61. The Morgan fingerprint density at radius 1 is 1.30 bits per heavy atom. The second kappa shape index (κ2) is 6.16. The van der Waals surface area contributed by atoms with Crippen molar-refractivity contribution in [3.05, 3.63) is 54.1 Å². The van der Waals surface area contributed by atoms with Gasteiger partial charge in [0, 0.05) is 24.5 Å². The number of nitrogens with one attached hydrogen (secondary N) is 1. The highest BCUT2D eigenvalue weighted by atomic mass is 32.2. The number of nitrogens with zero attached hydrogens (tertiary/aromatic N) is 1. The smallest absolute Gasteiger partial charge is 0.251 e. The molecule has 0 bridgehead atoms. The summed E-state index contributed by atoms with van der Waals surface area (Å²) in [7, 11) is -2.96. The second-order valence-electron chi connectivity index (χ2n) is 5.74. The van der Waals surface area contributed by atoms with E-state index in [1.165, 1.54) is 6.07 Å². The first-order chi connectivity index (χ1) is 10.9. The predicted octanol–water partition coefficient (Wildman–Crippen LogP) is 1.78. The Bertz CT molecular complexity index is 816. The summed E-state index contributed by atoms with van der Waals surface area (Å²) in [6, 6.07) is 7.87. The molecule has 1 amide bonds. The molecule has 1 aromatic heterocycles. The van der Waals surface area contributed by atoms with Crippen molar-refractivity contribution in [3.8, 4) is 5.69 Å². The lowest BCUT2D eigenvalue weighted by Crippen LogP contribution is -2.29. The molecule has 2 heterocycles.